The van der Waals surface area contributed by atoms with E-state index >= 15 is 0 Å². The summed E-state index contributed by atoms with van der Waals surface area (Å²) in [5.41, 5.74) is 0. The van der Waals surface area contributed by atoms with Crippen molar-refractivity contribution in [3.63, 3.8) is 0 Å². The number of carboxylic acids is 1. The normalized spacial score (nSPS) is 11.4. The smallest absolute Gasteiger partial charge is 0.348 e. The van der Waals surface area contributed by atoms with E-state index in [0.29, 0.717) is 0 Å². The Labute approximate surface area is 83.0 Å². The Kier molecular flexibility index (Phi) is 7.57. The van der Waals surface area contributed by atoms with Gasteiger partial charge in [-0.15, -0.1) is 0 Å². The standard InChI is InChI=1S/C4H4Cl2O2.Cd/c1-2(5)3(6)4(7)8;/h1H3,(H,7,8);/b3-2+;. The summed E-state index contributed by atoms with van der Waals surface area (Å²) in [6, 6.07) is 0. The van der Waals surface area contributed by atoms with Crippen LogP contribution in [0.25, 0.3) is 0 Å². The van der Waals surface area contributed by atoms with Gasteiger partial charge in [0, 0.05) is 32.3 Å². The van der Waals surface area contributed by atoms with Gasteiger partial charge in [-0.1, -0.05) is 23.2 Å². The summed E-state index contributed by atoms with van der Waals surface area (Å²) in [6.07, 6.45) is 0. The molecule has 0 aliphatic heterocycles. The van der Waals surface area contributed by atoms with Crippen LogP contribution in [0.15, 0.2) is 10.1 Å². The van der Waals surface area contributed by atoms with Gasteiger partial charge in [0.15, 0.2) is 0 Å². The topological polar surface area (TPSA) is 37.3 Å². The van der Waals surface area contributed by atoms with Crippen molar-refractivity contribution in [1.82, 2.24) is 0 Å². The number of hydrogen-bond acceptors (Lipinski definition) is 1. The molecule has 9 heavy (non-hydrogen) atoms. The fourth-order valence-electron chi connectivity index (χ4n) is 0.147. The second-order valence-electron chi connectivity index (χ2n) is 1.15. The third-order valence-corrected chi connectivity index (χ3v) is 1.22. The van der Waals surface area contributed by atoms with Crippen LogP contribution in [0, 0.1) is 0 Å². The largest absolute Gasteiger partial charge is 0.477 e. The summed E-state index contributed by atoms with van der Waals surface area (Å²) in [5, 5.41) is 7.85. The van der Waals surface area contributed by atoms with E-state index in [2.05, 4.69) is 0 Å². The van der Waals surface area contributed by atoms with Crippen molar-refractivity contribution >= 4 is 29.2 Å². The molecule has 0 heterocycles. The number of halogens is 2. The molecule has 2 nitrogen and oxygen atoms in total. The minimum Gasteiger partial charge on any atom is -0.477 e. The van der Waals surface area contributed by atoms with Gasteiger partial charge in [0.25, 0.3) is 0 Å². The summed E-state index contributed by atoms with van der Waals surface area (Å²) in [5.74, 6) is -1.20. The molecule has 48 valence electrons. The van der Waals surface area contributed by atoms with Crippen molar-refractivity contribution in [2.24, 2.45) is 0 Å². The molecule has 0 aromatic carbocycles. The maximum Gasteiger partial charge on any atom is 0.348 e. The third kappa shape index (κ3) is 5.17. The summed E-state index contributed by atoms with van der Waals surface area (Å²) >= 11 is 10.3. The van der Waals surface area contributed by atoms with Gasteiger partial charge >= 0.3 is 5.97 Å². The van der Waals surface area contributed by atoms with E-state index < -0.39 is 5.97 Å². The predicted molar refractivity (Wildman–Crippen MR) is 32.0 cm³/mol. The molecular weight excluding hydrogens is 263 g/mol. The molecule has 0 aliphatic rings. The van der Waals surface area contributed by atoms with Crippen LogP contribution in [0.3, 0.4) is 0 Å². The molecule has 0 saturated carbocycles. The molecule has 0 aromatic heterocycles. The van der Waals surface area contributed by atoms with E-state index in [1.54, 1.807) is 0 Å². The Balaban J connectivity index is 0. The second-order valence-corrected chi connectivity index (χ2v) is 2.10. The van der Waals surface area contributed by atoms with Crippen LogP contribution in [0.1, 0.15) is 6.92 Å². The van der Waals surface area contributed by atoms with Gasteiger partial charge in [0.1, 0.15) is 5.03 Å². The molecule has 0 aromatic rings. The van der Waals surface area contributed by atoms with Gasteiger partial charge in [0.05, 0.1) is 0 Å². The first-order valence-electron chi connectivity index (χ1n) is 1.81. The molecule has 5 heteroatoms. The molecule has 0 aliphatic carbocycles. The Morgan fingerprint density at radius 1 is 1.44 bits per heavy atom. The zero-order chi connectivity index (χ0) is 6.73. The van der Waals surface area contributed by atoms with Gasteiger partial charge in [-0.2, -0.15) is 0 Å². The monoisotopic (exact) mass is 268 g/mol. The second kappa shape index (κ2) is 5.49. The summed E-state index contributed by atoms with van der Waals surface area (Å²) < 4.78 is 0. The Bertz CT molecular complexity index is 140. The van der Waals surface area contributed by atoms with E-state index in [-0.39, 0.29) is 37.4 Å². The molecule has 0 rings (SSSR count). The van der Waals surface area contributed by atoms with Crippen molar-refractivity contribution in [2.45, 2.75) is 6.92 Å². The average molecular weight is 267 g/mol. The Morgan fingerprint density at radius 3 is 1.78 bits per heavy atom. The molecule has 0 radical (unpaired) electrons. The third-order valence-electron chi connectivity index (χ3n) is 0.490. The molecule has 1 N–H and O–H groups in total. The summed E-state index contributed by atoms with van der Waals surface area (Å²) in [4.78, 5) is 9.87. The zero-order valence-electron chi connectivity index (χ0n) is 4.82. The maximum absolute atomic E-state index is 9.87. The number of allylic oxidation sites excluding steroid dienone is 1. The fraction of sp³-hybridized carbons (Fsp3) is 0.250. The molecule has 0 saturated heterocycles. The first kappa shape index (κ1) is 12.4. The molecule has 0 amide bonds. The number of aliphatic carboxylic acids is 1. The molecule has 0 unspecified atom stereocenters. The van der Waals surface area contributed by atoms with Crippen LogP contribution in [0.4, 0.5) is 0 Å². The van der Waals surface area contributed by atoms with Crippen LogP contribution >= 0.6 is 23.2 Å². The molecular formula is C4H4CdCl2O2. The van der Waals surface area contributed by atoms with Crippen LogP contribution in [0.2, 0.25) is 0 Å². The number of carbonyl (C=O) groups is 1. The molecule has 0 bridgehead atoms. The minimum atomic E-state index is -1.20. The van der Waals surface area contributed by atoms with Crippen molar-refractivity contribution in [3.05, 3.63) is 10.1 Å². The Morgan fingerprint density at radius 2 is 1.78 bits per heavy atom. The van der Waals surface area contributed by atoms with E-state index in [9.17, 15) is 4.79 Å². The Hall–Kier alpha value is 0.712. The fourth-order valence-corrected chi connectivity index (χ4v) is 0.228. The molecule has 0 spiro atoms. The number of hydrogen-bond donors (Lipinski definition) is 1. The number of rotatable bonds is 1. The van der Waals surface area contributed by atoms with Gasteiger partial charge < -0.3 is 5.11 Å². The molecule has 0 fully saturated rings. The zero-order valence-corrected chi connectivity index (χ0v) is 10.4. The van der Waals surface area contributed by atoms with Gasteiger partial charge in [-0.25, -0.2) is 4.79 Å². The summed E-state index contributed by atoms with van der Waals surface area (Å²) in [7, 11) is 0. The minimum absolute atomic E-state index is 0. The average Bonchev–Trinajstić information content (AvgIpc) is 1.64. The number of carboxylic acid groups (broad SMARTS) is 1. The van der Waals surface area contributed by atoms with E-state index in [1.807, 2.05) is 0 Å². The van der Waals surface area contributed by atoms with E-state index in [0.717, 1.165) is 0 Å². The first-order chi connectivity index (χ1) is 3.55. The molecule has 0 atom stereocenters. The van der Waals surface area contributed by atoms with Crippen molar-refractivity contribution in [1.29, 1.82) is 0 Å². The maximum atomic E-state index is 9.87. The van der Waals surface area contributed by atoms with Crippen molar-refractivity contribution in [3.8, 4) is 0 Å². The van der Waals surface area contributed by atoms with Crippen LogP contribution in [-0.4, -0.2) is 11.1 Å². The van der Waals surface area contributed by atoms with Crippen molar-refractivity contribution < 1.29 is 37.2 Å². The van der Waals surface area contributed by atoms with Crippen LogP contribution < -0.4 is 0 Å². The van der Waals surface area contributed by atoms with E-state index in [1.165, 1.54) is 6.92 Å². The van der Waals surface area contributed by atoms with Crippen molar-refractivity contribution in [2.75, 3.05) is 0 Å². The van der Waals surface area contributed by atoms with Gasteiger partial charge in [-0.3, -0.25) is 0 Å². The first-order valence-corrected chi connectivity index (χ1v) is 2.56. The van der Waals surface area contributed by atoms with E-state index in [4.69, 9.17) is 28.3 Å². The van der Waals surface area contributed by atoms with Gasteiger partial charge in [0.2, 0.25) is 0 Å². The van der Waals surface area contributed by atoms with Gasteiger partial charge in [-0.05, 0) is 6.92 Å². The summed E-state index contributed by atoms with van der Waals surface area (Å²) in [6.45, 7) is 1.41. The SMILES string of the molecule is C/C(Cl)=C(\Cl)C(=O)O.[Cd]. The van der Waals surface area contributed by atoms with Crippen LogP contribution in [0.5, 0.6) is 0 Å². The predicted octanol–water partition coefficient (Wildman–Crippen LogP) is 1.78. The van der Waals surface area contributed by atoms with Crippen LogP contribution in [-0.2, 0) is 32.1 Å². The quantitative estimate of drug-likeness (QED) is 0.581.